The van der Waals surface area contributed by atoms with Gasteiger partial charge in [-0.1, -0.05) is 0 Å². The molecule has 0 bridgehead atoms. The predicted molar refractivity (Wildman–Crippen MR) is 65.3 cm³/mol. The number of likely N-dealkylation sites (N-methyl/N-ethyl adjacent to an activating group) is 1. The second kappa shape index (κ2) is 5.32. The Morgan fingerprint density at radius 2 is 1.83 bits per heavy atom. The Labute approximate surface area is 105 Å². The second-order valence-electron chi connectivity index (χ2n) is 4.73. The molecule has 18 heavy (non-hydrogen) atoms. The molecule has 0 saturated carbocycles. The fraction of sp³-hybridized carbons (Fsp3) is 0.462. The van der Waals surface area contributed by atoms with Crippen LogP contribution in [-0.2, 0) is 0 Å². The molecule has 0 unspecified atom stereocenters. The van der Waals surface area contributed by atoms with Crippen LogP contribution in [0.3, 0.4) is 0 Å². The maximum atomic E-state index is 13.8. The number of rotatable bonds is 4. The maximum Gasteiger partial charge on any atom is 0.150 e. The van der Waals surface area contributed by atoms with Gasteiger partial charge in [-0.15, -0.1) is 0 Å². The number of nitriles is 1. The van der Waals surface area contributed by atoms with Gasteiger partial charge in [-0.25, -0.2) is 8.78 Å². The number of hydrogen-bond acceptors (Lipinski definition) is 3. The first-order chi connectivity index (χ1) is 8.28. The lowest BCUT2D eigenvalue weighted by Gasteiger charge is -2.30. The molecule has 0 amide bonds. The van der Waals surface area contributed by atoms with Crippen molar-refractivity contribution >= 4 is 5.69 Å². The zero-order chi connectivity index (χ0) is 13.9. The lowest BCUT2D eigenvalue weighted by molar-refractivity contribution is 0.0873. The van der Waals surface area contributed by atoms with Gasteiger partial charge in [-0.2, -0.15) is 5.26 Å². The average Bonchev–Trinajstić information content (AvgIpc) is 2.24. The van der Waals surface area contributed by atoms with E-state index in [9.17, 15) is 13.9 Å². The second-order valence-corrected chi connectivity index (χ2v) is 4.73. The van der Waals surface area contributed by atoms with E-state index in [-0.39, 0.29) is 17.8 Å². The summed E-state index contributed by atoms with van der Waals surface area (Å²) in [5.41, 5.74) is -1.34. The molecule has 1 N–H and O–H groups in total. The van der Waals surface area contributed by atoms with Gasteiger partial charge in [-0.05, 0) is 32.9 Å². The molecule has 98 valence electrons. The summed E-state index contributed by atoms with van der Waals surface area (Å²) in [7, 11) is 0. The number of aliphatic hydroxyl groups is 1. The van der Waals surface area contributed by atoms with Crippen molar-refractivity contribution < 1.29 is 13.9 Å². The molecule has 1 aromatic carbocycles. The average molecular weight is 254 g/mol. The van der Waals surface area contributed by atoms with Crippen LogP contribution in [0.25, 0.3) is 0 Å². The van der Waals surface area contributed by atoms with Crippen molar-refractivity contribution in [2.75, 3.05) is 18.0 Å². The zero-order valence-electron chi connectivity index (χ0n) is 10.7. The molecule has 0 aliphatic heterocycles. The van der Waals surface area contributed by atoms with E-state index < -0.39 is 17.2 Å². The Hall–Kier alpha value is -1.67. The first-order valence-electron chi connectivity index (χ1n) is 5.65. The van der Waals surface area contributed by atoms with Gasteiger partial charge in [0.25, 0.3) is 0 Å². The van der Waals surface area contributed by atoms with Gasteiger partial charge in [0.2, 0.25) is 0 Å². The van der Waals surface area contributed by atoms with E-state index in [2.05, 4.69) is 0 Å². The van der Waals surface area contributed by atoms with Crippen molar-refractivity contribution in [2.45, 2.75) is 26.4 Å². The first kappa shape index (κ1) is 14.4. The summed E-state index contributed by atoms with van der Waals surface area (Å²) in [6, 6.07) is 3.68. The Balaban J connectivity index is 3.19. The van der Waals surface area contributed by atoms with E-state index in [4.69, 9.17) is 5.26 Å². The van der Waals surface area contributed by atoms with Crippen LogP contribution in [-0.4, -0.2) is 23.8 Å². The van der Waals surface area contributed by atoms with Gasteiger partial charge < -0.3 is 10.0 Å². The highest BCUT2D eigenvalue weighted by Gasteiger charge is 2.23. The van der Waals surface area contributed by atoms with Crippen LogP contribution in [0.5, 0.6) is 0 Å². The number of anilines is 1. The van der Waals surface area contributed by atoms with E-state index >= 15 is 0 Å². The summed E-state index contributed by atoms with van der Waals surface area (Å²) in [5, 5.41) is 18.3. The van der Waals surface area contributed by atoms with Crippen molar-refractivity contribution in [2.24, 2.45) is 0 Å². The smallest absolute Gasteiger partial charge is 0.150 e. The summed E-state index contributed by atoms with van der Waals surface area (Å²) in [6.07, 6.45) is 0. The van der Waals surface area contributed by atoms with Crippen LogP contribution < -0.4 is 4.90 Å². The summed E-state index contributed by atoms with van der Waals surface area (Å²) in [5.74, 6) is -1.59. The minimum Gasteiger partial charge on any atom is -0.389 e. The number of nitrogens with zero attached hydrogens (tertiary/aromatic N) is 2. The van der Waals surface area contributed by atoms with Crippen LogP contribution in [0.2, 0.25) is 0 Å². The van der Waals surface area contributed by atoms with Gasteiger partial charge in [-0.3, -0.25) is 0 Å². The third-order valence-electron chi connectivity index (χ3n) is 2.42. The lowest BCUT2D eigenvalue weighted by Crippen LogP contribution is -2.39. The molecule has 5 heteroatoms. The van der Waals surface area contributed by atoms with Crippen LogP contribution in [0.1, 0.15) is 26.3 Å². The van der Waals surface area contributed by atoms with Crippen molar-refractivity contribution in [1.82, 2.24) is 0 Å². The van der Waals surface area contributed by atoms with Gasteiger partial charge in [0.15, 0.2) is 11.6 Å². The number of hydrogen-bond donors (Lipinski definition) is 1. The highest BCUT2D eigenvalue weighted by molar-refractivity contribution is 5.52. The highest BCUT2D eigenvalue weighted by atomic mass is 19.1. The molecule has 0 fully saturated rings. The van der Waals surface area contributed by atoms with Crippen molar-refractivity contribution in [1.29, 1.82) is 5.26 Å². The van der Waals surface area contributed by atoms with Crippen LogP contribution in [0.4, 0.5) is 14.5 Å². The molecule has 0 aliphatic rings. The highest BCUT2D eigenvalue weighted by Crippen LogP contribution is 2.26. The molecule has 0 heterocycles. The van der Waals surface area contributed by atoms with Crippen LogP contribution in [0, 0.1) is 23.0 Å². The van der Waals surface area contributed by atoms with Gasteiger partial charge in [0.1, 0.15) is 5.69 Å². The Bertz CT molecular complexity index is 452. The molecule has 0 aliphatic carbocycles. The zero-order valence-corrected chi connectivity index (χ0v) is 10.7. The molecular weight excluding hydrogens is 238 g/mol. The van der Waals surface area contributed by atoms with Crippen LogP contribution >= 0.6 is 0 Å². The topological polar surface area (TPSA) is 47.3 Å². The van der Waals surface area contributed by atoms with Crippen molar-refractivity contribution in [3.8, 4) is 6.07 Å². The molecule has 0 saturated heterocycles. The summed E-state index contributed by atoms with van der Waals surface area (Å²) >= 11 is 0. The Morgan fingerprint density at radius 3 is 2.17 bits per heavy atom. The molecule has 0 spiro atoms. The summed E-state index contributed by atoms with van der Waals surface area (Å²) < 4.78 is 27.6. The van der Waals surface area contributed by atoms with Gasteiger partial charge in [0, 0.05) is 13.1 Å². The fourth-order valence-electron chi connectivity index (χ4n) is 1.75. The quantitative estimate of drug-likeness (QED) is 0.897. The minimum absolute atomic E-state index is 0.0620. The first-order valence-corrected chi connectivity index (χ1v) is 5.65. The molecule has 1 rings (SSSR count). The molecule has 0 radical (unpaired) electrons. The van der Waals surface area contributed by atoms with E-state index in [1.807, 2.05) is 0 Å². The fourth-order valence-corrected chi connectivity index (χ4v) is 1.75. The van der Waals surface area contributed by atoms with E-state index in [1.165, 1.54) is 4.90 Å². The monoisotopic (exact) mass is 254 g/mol. The van der Waals surface area contributed by atoms with Crippen molar-refractivity contribution in [3.63, 3.8) is 0 Å². The standard InChI is InChI=1S/C13H16F2N2O/c1-4-17(8-13(2,3)18)12-10(14)5-9(7-16)6-11(12)15/h5-6,18H,4,8H2,1-3H3. The third-order valence-corrected chi connectivity index (χ3v) is 2.42. The van der Waals surface area contributed by atoms with Crippen LogP contribution in [0.15, 0.2) is 12.1 Å². The molecule has 0 aromatic heterocycles. The Kier molecular flexibility index (Phi) is 4.25. The van der Waals surface area contributed by atoms with Gasteiger partial charge in [0.05, 0.1) is 17.2 Å². The minimum atomic E-state index is -1.07. The van der Waals surface area contributed by atoms with E-state index in [0.717, 1.165) is 12.1 Å². The van der Waals surface area contributed by atoms with E-state index in [1.54, 1.807) is 26.8 Å². The number of benzene rings is 1. The molecule has 1 aromatic rings. The largest absolute Gasteiger partial charge is 0.389 e. The number of halogens is 2. The predicted octanol–water partition coefficient (Wildman–Crippen LogP) is 2.43. The SMILES string of the molecule is CCN(CC(C)(C)O)c1c(F)cc(C#N)cc1F. The maximum absolute atomic E-state index is 13.8. The van der Waals surface area contributed by atoms with E-state index in [0.29, 0.717) is 6.54 Å². The van der Waals surface area contributed by atoms with Gasteiger partial charge >= 0.3 is 0 Å². The Morgan fingerprint density at radius 1 is 1.33 bits per heavy atom. The normalized spacial score (nSPS) is 11.2. The molecule has 3 nitrogen and oxygen atoms in total. The summed E-state index contributed by atoms with van der Waals surface area (Å²) in [4.78, 5) is 1.41. The summed E-state index contributed by atoms with van der Waals surface area (Å²) in [6.45, 7) is 5.32. The third kappa shape index (κ3) is 3.41. The molecule has 0 atom stereocenters. The van der Waals surface area contributed by atoms with Crippen molar-refractivity contribution in [3.05, 3.63) is 29.3 Å². The molecular formula is C13H16F2N2O. The lowest BCUT2D eigenvalue weighted by atomic mass is 10.1.